The minimum atomic E-state index is -1.43. The van der Waals surface area contributed by atoms with Gasteiger partial charge in [-0.1, -0.05) is 77.1 Å². The lowest BCUT2D eigenvalue weighted by atomic mass is 9.33. The number of carbonyl (C=O) groups excluding carboxylic acids is 1. The van der Waals surface area contributed by atoms with Crippen LogP contribution in [0.4, 0.5) is 4.79 Å². The van der Waals surface area contributed by atoms with Gasteiger partial charge in [0, 0.05) is 31.2 Å². The molecule has 0 spiro atoms. The monoisotopic (exact) mass is 686 g/mol. The molecule has 1 aliphatic heterocycles. The van der Waals surface area contributed by atoms with Gasteiger partial charge in [0.1, 0.15) is 0 Å². The number of likely N-dealkylation sites (tertiary alicyclic amines) is 1. The van der Waals surface area contributed by atoms with Crippen molar-refractivity contribution in [3.05, 3.63) is 53.6 Å². The number of rotatable bonds is 7. The third kappa shape index (κ3) is 5.47. The largest absolute Gasteiger partial charge is 0.364 e. The van der Waals surface area contributed by atoms with Crippen LogP contribution >= 0.6 is 0 Å². The van der Waals surface area contributed by atoms with E-state index in [1.165, 1.54) is 74.7 Å². The molecule has 50 heavy (non-hydrogen) atoms. The number of amides is 2. The molecular weight excluding hydrogens is 619 g/mol. The molecule has 2 amide bonds. The molecule has 0 bridgehead atoms. The third-order valence-corrected chi connectivity index (χ3v) is 16.8. The summed E-state index contributed by atoms with van der Waals surface area (Å²) in [6, 6.07) is 8.03. The zero-order valence-electron chi connectivity index (χ0n) is 32.4. The van der Waals surface area contributed by atoms with Crippen LogP contribution in [0.5, 0.6) is 0 Å². The lowest BCUT2D eigenvalue weighted by Crippen LogP contribution is -2.68. The van der Waals surface area contributed by atoms with E-state index in [1.807, 2.05) is 24.1 Å². The molecule has 1 heterocycles. The van der Waals surface area contributed by atoms with Crippen molar-refractivity contribution in [3.8, 4) is 0 Å². The van der Waals surface area contributed by atoms with E-state index in [0.29, 0.717) is 35.2 Å². The van der Waals surface area contributed by atoms with Crippen molar-refractivity contribution in [3.63, 3.8) is 0 Å². The summed E-state index contributed by atoms with van der Waals surface area (Å²) in [7, 11) is 2.00. The number of fused-ring (bicyclic) bond motifs is 7. The Morgan fingerprint density at radius 2 is 1.64 bits per heavy atom. The smallest absolute Gasteiger partial charge is 0.317 e. The van der Waals surface area contributed by atoms with Gasteiger partial charge in [0.15, 0.2) is 6.29 Å². The standard InChI is InChI=1S/C44H67N3O3/c1-29(2)32-17-22-44(45-39(50)46(8)27-28-47-25-9-10-26-47)24-23-42(6)34(37(32)44)15-16-36-41(5)20-18-33(30-11-13-31(14-12-30)38(48)49)40(3,4)35(41)19-21-43(36,42)7/h11-14,18,32,34-38,48-49H,1,9-10,15-17,19-28H2,2-8H3,(H,45,50)/t32-,34+,35-,36+,37+,41-,42+,43+,44-/m0/s1. The molecule has 9 atom stereocenters. The Bertz CT molecular complexity index is 1490. The molecule has 1 aromatic carbocycles. The van der Waals surface area contributed by atoms with Crippen LogP contribution in [0, 0.1) is 51.2 Å². The van der Waals surface area contributed by atoms with Crippen LogP contribution in [0.3, 0.4) is 0 Å². The Kier molecular flexibility index (Phi) is 9.24. The van der Waals surface area contributed by atoms with Crippen molar-refractivity contribution in [1.29, 1.82) is 0 Å². The van der Waals surface area contributed by atoms with Gasteiger partial charge < -0.3 is 25.3 Å². The summed E-state index contributed by atoms with van der Waals surface area (Å²) < 4.78 is 0. The fourth-order valence-corrected chi connectivity index (χ4v) is 14.0. The molecule has 1 saturated heterocycles. The normalized spacial score (nSPS) is 40.7. The molecule has 0 radical (unpaired) electrons. The first-order valence-corrected chi connectivity index (χ1v) is 20.2. The SMILES string of the molecule is C=C(C)[C@@H]1CC[C@]2(NC(=O)N(C)CCN3CCCC3)CC[C@]3(C)[C@H](CC[C@@H]4[C@@]5(C)CC=C(c6ccc(C(O)O)cc6)C(C)(C)[C@@H]5CC[C@]43C)[C@@H]12. The molecular formula is C44H67N3O3. The van der Waals surface area contributed by atoms with E-state index < -0.39 is 6.29 Å². The summed E-state index contributed by atoms with van der Waals surface area (Å²) in [6.45, 7) is 23.9. The Labute approximate surface area is 303 Å². The molecule has 6 heteroatoms. The maximum Gasteiger partial charge on any atom is 0.317 e. The van der Waals surface area contributed by atoms with E-state index in [4.69, 9.17) is 0 Å². The van der Waals surface area contributed by atoms with Gasteiger partial charge >= 0.3 is 6.03 Å². The number of benzene rings is 1. The zero-order chi connectivity index (χ0) is 35.9. The molecule has 1 aromatic rings. The highest BCUT2D eigenvalue weighted by Crippen LogP contribution is 2.76. The lowest BCUT2D eigenvalue weighted by Gasteiger charge is -2.72. The van der Waals surface area contributed by atoms with Gasteiger partial charge in [-0.3, -0.25) is 0 Å². The quantitative estimate of drug-likeness (QED) is 0.198. The summed E-state index contributed by atoms with van der Waals surface area (Å²) in [5, 5.41) is 23.2. The lowest BCUT2D eigenvalue weighted by molar-refractivity contribution is -0.218. The minimum Gasteiger partial charge on any atom is -0.364 e. The van der Waals surface area contributed by atoms with Crippen LogP contribution in [0.1, 0.15) is 130 Å². The van der Waals surface area contributed by atoms with Crippen LogP contribution in [0.2, 0.25) is 0 Å². The molecule has 3 N–H and O–H groups in total. The predicted octanol–water partition coefficient (Wildman–Crippen LogP) is 8.81. The van der Waals surface area contributed by atoms with Gasteiger partial charge in [-0.05, 0) is 153 Å². The van der Waals surface area contributed by atoms with Gasteiger partial charge in [-0.15, -0.1) is 0 Å². The number of allylic oxidation sites excluding steroid dienone is 3. The first kappa shape index (κ1) is 36.2. The van der Waals surface area contributed by atoms with E-state index in [-0.39, 0.29) is 33.2 Å². The number of likely N-dealkylation sites (N-methyl/N-ethyl adjacent to an activating group) is 1. The Morgan fingerprint density at radius 3 is 2.30 bits per heavy atom. The molecule has 0 aromatic heterocycles. The third-order valence-electron chi connectivity index (χ3n) is 16.8. The molecule has 4 saturated carbocycles. The molecule has 276 valence electrons. The fraction of sp³-hybridized carbons (Fsp3) is 0.750. The van der Waals surface area contributed by atoms with E-state index in [1.54, 1.807) is 0 Å². The average molecular weight is 686 g/mol. The molecule has 6 nitrogen and oxygen atoms in total. The summed E-state index contributed by atoms with van der Waals surface area (Å²) in [6.07, 6.45) is 14.3. The van der Waals surface area contributed by atoms with Crippen molar-refractivity contribution >= 4 is 11.6 Å². The highest BCUT2D eigenvalue weighted by molar-refractivity contribution is 5.75. The topological polar surface area (TPSA) is 76.0 Å². The van der Waals surface area contributed by atoms with E-state index in [9.17, 15) is 15.0 Å². The van der Waals surface area contributed by atoms with Crippen molar-refractivity contribution in [2.45, 2.75) is 124 Å². The Balaban J connectivity index is 1.15. The van der Waals surface area contributed by atoms with Crippen LogP contribution < -0.4 is 5.32 Å². The minimum absolute atomic E-state index is 0.0226. The number of nitrogens with one attached hydrogen (secondary N) is 1. The van der Waals surface area contributed by atoms with Crippen molar-refractivity contribution in [1.82, 2.24) is 15.1 Å². The second-order valence-corrected chi connectivity index (χ2v) is 19.3. The second-order valence-electron chi connectivity index (χ2n) is 19.3. The highest BCUT2D eigenvalue weighted by atomic mass is 16.5. The van der Waals surface area contributed by atoms with Gasteiger partial charge in [0.05, 0.1) is 0 Å². The predicted molar refractivity (Wildman–Crippen MR) is 203 cm³/mol. The summed E-state index contributed by atoms with van der Waals surface area (Å²) >= 11 is 0. The molecule has 5 aliphatic carbocycles. The van der Waals surface area contributed by atoms with E-state index in [2.05, 4.69) is 76.5 Å². The van der Waals surface area contributed by atoms with Gasteiger partial charge in [-0.2, -0.15) is 0 Å². The molecule has 5 fully saturated rings. The number of hydrogen-bond acceptors (Lipinski definition) is 4. The van der Waals surface area contributed by atoms with Gasteiger partial charge in [0.25, 0.3) is 0 Å². The number of nitrogens with zero attached hydrogens (tertiary/aromatic N) is 2. The maximum atomic E-state index is 13.9. The van der Waals surface area contributed by atoms with Gasteiger partial charge in [-0.25, -0.2) is 4.79 Å². The summed E-state index contributed by atoms with van der Waals surface area (Å²) in [4.78, 5) is 18.4. The number of carbonyl (C=O) groups is 1. The van der Waals surface area contributed by atoms with Crippen molar-refractivity contribution in [2.24, 2.45) is 51.2 Å². The molecule has 6 aliphatic rings. The Morgan fingerprint density at radius 1 is 0.940 bits per heavy atom. The fourth-order valence-electron chi connectivity index (χ4n) is 14.0. The maximum absolute atomic E-state index is 13.9. The molecule has 7 rings (SSSR count). The first-order chi connectivity index (χ1) is 23.6. The van der Waals surface area contributed by atoms with Crippen molar-refractivity contribution in [2.75, 3.05) is 33.2 Å². The number of aliphatic hydroxyl groups is 2. The first-order valence-electron chi connectivity index (χ1n) is 20.2. The van der Waals surface area contributed by atoms with E-state index >= 15 is 0 Å². The summed E-state index contributed by atoms with van der Waals surface area (Å²) in [5.74, 6) is 2.75. The average Bonchev–Trinajstić information content (AvgIpc) is 3.72. The highest BCUT2D eigenvalue weighted by Gasteiger charge is 2.70. The van der Waals surface area contributed by atoms with Crippen LogP contribution in [0.15, 0.2) is 42.5 Å². The Hall–Kier alpha value is -2.15. The van der Waals surface area contributed by atoms with E-state index in [0.717, 1.165) is 38.8 Å². The number of aliphatic hydroxyl groups excluding tert-OH is 1. The second kappa shape index (κ2) is 12.8. The zero-order valence-corrected chi connectivity index (χ0v) is 32.4. The van der Waals surface area contributed by atoms with Crippen LogP contribution in [-0.4, -0.2) is 64.8 Å². The van der Waals surface area contributed by atoms with Crippen molar-refractivity contribution < 1.29 is 15.0 Å². The molecule has 0 unspecified atom stereocenters. The van der Waals surface area contributed by atoms with Gasteiger partial charge in [0.2, 0.25) is 0 Å². The van der Waals surface area contributed by atoms with Crippen LogP contribution in [-0.2, 0) is 0 Å². The number of urea groups is 1. The number of hydrogen-bond donors (Lipinski definition) is 3. The van der Waals surface area contributed by atoms with Crippen LogP contribution in [0.25, 0.3) is 5.57 Å². The summed E-state index contributed by atoms with van der Waals surface area (Å²) in [5.41, 5.74) is 5.06.